The Bertz CT molecular complexity index is 1140. The van der Waals surface area contributed by atoms with Crippen LogP contribution in [0.1, 0.15) is 0 Å². The average Bonchev–Trinajstić information content (AvgIpc) is 3.26. The number of rotatable bonds is 3. The Kier molecular flexibility index (Phi) is 3.31. The Morgan fingerprint density at radius 1 is 1.04 bits per heavy atom. The third-order valence-electron chi connectivity index (χ3n) is 4.19. The quantitative estimate of drug-likeness (QED) is 0.487. The summed E-state index contributed by atoms with van der Waals surface area (Å²) in [5, 5.41) is 10.8. The van der Waals surface area contributed by atoms with Crippen molar-refractivity contribution in [3.63, 3.8) is 0 Å². The van der Waals surface area contributed by atoms with Crippen molar-refractivity contribution in [2.24, 2.45) is 0 Å². The van der Waals surface area contributed by atoms with Gasteiger partial charge in [0.2, 0.25) is 11.3 Å². The molecule has 0 saturated carbocycles. The molecule has 132 valence electrons. The largest absolute Gasteiger partial charge is 0.378 e. The summed E-state index contributed by atoms with van der Waals surface area (Å²) in [4.78, 5) is 28.0. The molecule has 11 heteroatoms. The molecule has 1 fully saturated rings. The number of fused-ring (bicyclic) bond motifs is 2. The van der Waals surface area contributed by atoms with E-state index in [0.29, 0.717) is 54.8 Å². The lowest BCUT2D eigenvalue weighted by Crippen LogP contribution is -2.37. The van der Waals surface area contributed by atoms with Crippen LogP contribution in [0.25, 0.3) is 22.3 Å². The first kappa shape index (κ1) is 14.8. The fourth-order valence-electron chi connectivity index (χ4n) is 2.96. The van der Waals surface area contributed by atoms with Crippen LogP contribution >= 0.6 is 0 Å². The molecule has 0 radical (unpaired) electrons. The molecule has 11 nitrogen and oxygen atoms in total. The molecule has 5 rings (SSSR count). The highest BCUT2D eigenvalue weighted by atomic mass is 16.6. The molecule has 4 aromatic rings. The topological polar surface area (TPSA) is 138 Å². The first-order valence-corrected chi connectivity index (χ1v) is 8.08. The van der Waals surface area contributed by atoms with Gasteiger partial charge in [0, 0.05) is 18.8 Å². The zero-order chi connectivity index (χ0) is 17.5. The number of aromatic nitrogens is 6. The van der Waals surface area contributed by atoms with Crippen molar-refractivity contribution in [1.82, 2.24) is 30.2 Å². The van der Waals surface area contributed by atoms with Gasteiger partial charge in [0.05, 0.1) is 24.2 Å². The number of hydrogen-bond acceptors (Lipinski definition) is 9. The molecule has 1 aliphatic rings. The zero-order valence-corrected chi connectivity index (χ0v) is 13.5. The van der Waals surface area contributed by atoms with Gasteiger partial charge in [0.1, 0.15) is 0 Å². The van der Waals surface area contributed by atoms with E-state index in [-0.39, 0.29) is 5.69 Å². The van der Waals surface area contributed by atoms with Gasteiger partial charge in [-0.2, -0.15) is 0 Å². The molecule has 0 atom stereocenters. The van der Waals surface area contributed by atoms with Gasteiger partial charge in [-0.25, -0.2) is 19.4 Å². The number of anilines is 3. The first-order valence-electron chi connectivity index (χ1n) is 8.08. The maximum atomic E-state index is 11.4. The molecule has 3 aromatic heterocycles. The highest BCUT2D eigenvalue weighted by Crippen LogP contribution is 2.28. The third kappa shape index (κ3) is 2.54. The number of imidazole rings is 1. The first-order chi connectivity index (χ1) is 12.8. The Balaban J connectivity index is 1.57. The van der Waals surface area contributed by atoms with Crippen LogP contribution in [0.3, 0.4) is 0 Å². The van der Waals surface area contributed by atoms with E-state index < -0.39 is 0 Å². The number of aromatic amines is 2. The summed E-state index contributed by atoms with van der Waals surface area (Å²) in [6.45, 7) is 2.63. The molecule has 1 saturated heterocycles. The molecule has 4 heterocycles. The second-order valence-electron chi connectivity index (χ2n) is 5.87. The smallest absolute Gasteiger partial charge is 0.323 e. The molecule has 1 aliphatic heterocycles. The third-order valence-corrected chi connectivity index (χ3v) is 4.19. The number of hydrogen-bond donors (Lipinski definition) is 3. The molecule has 0 amide bonds. The van der Waals surface area contributed by atoms with Crippen molar-refractivity contribution in [2.45, 2.75) is 0 Å². The molecule has 0 spiro atoms. The van der Waals surface area contributed by atoms with Gasteiger partial charge in [-0.15, -0.1) is 0 Å². The van der Waals surface area contributed by atoms with Crippen molar-refractivity contribution in [3.05, 3.63) is 28.7 Å². The normalized spacial score (nSPS) is 15.0. The van der Waals surface area contributed by atoms with Gasteiger partial charge < -0.3 is 24.9 Å². The van der Waals surface area contributed by atoms with E-state index in [4.69, 9.17) is 9.37 Å². The van der Waals surface area contributed by atoms with Crippen molar-refractivity contribution >= 4 is 39.7 Å². The number of morpholine rings is 1. The van der Waals surface area contributed by atoms with E-state index in [2.05, 4.69) is 40.5 Å². The molecule has 0 bridgehead atoms. The van der Waals surface area contributed by atoms with Gasteiger partial charge >= 0.3 is 5.69 Å². The summed E-state index contributed by atoms with van der Waals surface area (Å²) >= 11 is 0. The van der Waals surface area contributed by atoms with Crippen LogP contribution < -0.4 is 15.9 Å². The number of nitrogens with zero attached hydrogens (tertiary/aromatic N) is 5. The summed E-state index contributed by atoms with van der Waals surface area (Å²) in [6.07, 6.45) is 0. The second-order valence-corrected chi connectivity index (χ2v) is 5.87. The van der Waals surface area contributed by atoms with Gasteiger partial charge in [-0.3, -0.25) is 0 Å². The molecule has 3 N–H and O–H groups in total. The van der Waals surface area contributed by atoms with E-state index >= 15 is 0 Å². The fraction of sp³-hybridized carbons (Fsp3) is 0.267. The van der Waals surface area contributed by atoms with Crippen LogP contribution in [-0.4, -0.2) is 56.6 Å². The van der Waals surface area contributed by atoms with Crippen LogP contribution in [0, 0.1) is 0 Å². The number of ether oxygens (including phenoxy) is 1. The summed E-state index contributed by atoms with van der Waals surface area (Å²) in [5.41, 5.74) is 2.61. The predicted molar refractivity (Wildman–Crippen MR) is 92.6 cm³/mol. The summed E-state index contributed by atoms with van der Waals surface area (Å²) in [7, 11) is 0. The van der Waals surface area contributed by atoms with Gasteiger partial charge in [0.25, 0.3) is 0 Å². The maximum Gasteiger partial charge on any atom is 0.323 e. The van der Waals surface area contributed by atoms with Crippen molar-refractivity contribution in [2.75, 3.05) is 36.5 Å². The SMILES string of the molecule is O=c1[nH]c2ccc(Nc3nc4nonc4nc3N3CCOCC3)cc2[nH]1. The van der Waals surface area contributed by atoms with E-state index in [1.165, 1.54) is 0 Å². The van der Waals surface area contributed by atoms with E-state index in [0.717, 1.165) is 11.2 Å². The van der Waals surface area contributed by atoms with Crippen LogP contribution in [0.2, 0.25) is 0 Å². The Labute approximate surface area is 145 Å². The Morgan fingerprint density at radius 2 is 1.81 bits per heavy atom. The minimum absolute atomic E-state index is 0.249. The zero-order valence-electron chi connectivity index (χ0n) is 13.5. The van der Waals surface area contributed by atoms with Gasteiger partial charge in [0.15, 0.2) is 11.6 Å². The lowest BCUT2D eigenvalue weighted by Gasteiger charge is -2.28. The predicted octanol–water partition coefficient (Wildman–Crippen LogP) is 0.763. The molecular weight excluding hydrogens is 340 g/mol. The van der Waals surface area contributed by atoms with Crippen LogP contribution in [0.5, 0.6) is 0 Å². The van der Waals surface area contributed by atoms with Crippen molar-refractivity contribution in [1.29, 1.82) is 0 Å². The monoisotopic (exact) mass is 354 g/mol. The minimum atomic E-state index is -0.249. The highest BCUT2D eigenvalue weighted by molar-refractivity contribution is 5.82. The number of benzene rings is 1. The summed E-state index contributed by atoms with van der Waals surface area (Å²) < 4.78 is 10.1. The lowest BCUT2D eigenvalue weighted by atomic mass is 10.2. The van der Waals surface area contributed by atoms with Crippen molar-refractivity contribution in [3.8, 4) is 0 Å². The van der Waals surface area contributed by atoms with E-state index in [1.807, 2.05) is 18.2 Å². The maximum absolute atomic E-state index is 11.4. The lowest BCUT2D eigenvalue weighted by molar-refractivity contribution is 0.122. The molecular formula is C15H14N8O3. The van der Waals surface area contributed by atoms with Crippen molar-refractivity contribution < 1.29 is 9.37 Å². The van der Waals surface area contributed by atoms with Gasteiger partial charge in [-0.1, -0.05) is 0 Å². The Morgan fingerprint density at radius 3 is 2.65 bits per heavy atom. The van der Waals surface area contributed by atoms with E-state index in [9.17, 15) is 4.79 Å². The fourth-order valence-corrected chi connectivity index (χ4v) is 2.96. The highest BCUT2D eigenvalue weighted by Gasteiger charge is 2.20. The van der Waals surface area contributed by atoms with Crippen LogP contribution in [-0.2, 0) is 4.74 Å². The van der Waals surface area contributed by atoms with Crippen LogP contribution in [0.4, 0.5) is 17.3 Å². The van der Waals surface area contributed by atoms with Gasteiger partial charge in [-0.05, 0) is 28.5 Å². The molecule has 0 unspecified atom stereocenters. The average molecular weight is 354 g/mol. The Hall–Kier alpha value is -3.47. The second kappa shape index (κ2) is 5.81. The minimum Gasteiger partial charge on any atom is -0.378 e. The van der Waals surface area contributed by atoms with E-state index in [1.54, 1.807) is 0 Å². The number of H-pyrrole nitrogens is 2. The molecule has 1 aromatic carbocycles. The summed E-state index contributed by atoms with van der Waals surface area (Å²) in [6, 6.07) is 5.49. The van der Waals surface area contributed by atoms with Crippen LogP contribution in [0.15, 0.2) is 27.6 Å². The molecule has 26 heavy (non-hydrogen) atoms. The standard InChI is InChI=1S/C15H14N8O3/c24-15-17-9-2-1-8(7-10(9)18-15)16-13-14(23-3-5-25-6-4-23)20-12-11(19-13)21-26-22-12/h1-2,7H,3-6H2,(H,16,19,21)(H2,17,18,24). The molecule has 0 aliphatic carbocycles. The number of nitrogens with one attached hydrogen (secondary N) is 3. The summed E-state index contributed by atoms with van der Waals surface area (Å²) in [5.74, 6) is 1.19.